The number of carbonyl (C=O) groups excluding carboxylic acids is 1. The number of nitrogens with zero attached hydrogens (tertiary/aromatic N) is 5. The van der Waals surface area contributed by atoms with Crippen molar-refractivity contribution in [2.75, 3.05) is 26.2 Å². The molecule has 0 aromatic carbocycles. The molecule has 0 unspecified atom stereocenters. The molecule has 3 heterocycles. The summed E-state index contributed by atoms with van der Waals surface area (Å²) in [5.74, 6) is 0.178. The van der Waals surface area contributed by atoms with Gasteiger partial charge in [0.1, 0.15) is 0 Å². The van der Waals surface area contributed by atoms with Crippen LogP contribution in [0.4, 0.5) is 0 Å². The molecule has 0 bridgehead atoms. The van der Waals surface area contributed by atoms with E-state index in [-0.39, 0.29) is 5.91 Å². The van der Waals surface area contributed by atoms with Crippen LogP contribution >= 0.6 is 11.6 Å². The lowest BCUT2D eigenvalue weighted by molar-refractivity contribution is -0.133. The van der Waals surface area contributed by atoms with Gasteiger partial charge in [-0.05, 0) is 11.6 Å². The highest BCUT2D eigenvalue weighted by Crippen LogP contribution is 2.10. The highest BCUT2D eigenvalue weighted by atomic mass is 35.5. The summed E-state index contributed by atoms with van der Waals surface area (Å²) in [6.07, 6.45) is 7.46. The minimum Gasteiger partial charge on any atom is -0.340 e. The molecule has 0 aliphatic carbocycles. The minimum atomic E-state index is 0.178. The molecule has 0 atom stereocenters. The van der Waals surface area contributed by atoms with E-state index in [0.29, 0.717) is 18.0 Å². The molecule has 0 N–H and O–H groups in total. The van der Waals surface area contributed by atoms with Crippen molar-refractivity contribution in [2.24, 2.45) is 0 Å². The molecule has 0 spiro atoms. The SMILES string of the molecule is O=C(CCn1cc(Cl)cn1)N1CCN(Cc2cccnc2)CC1. The Kier molecular flexibility index (Phi) is 5.25. The maximum absolute atomic E-state index is 12.3. The Morgan fingerprint density at radius 1 is 1.22 bits per heavy atom. The molecule has 1 saturated heterocycles. The fourth-order valence-corrected chi connectivity index (χ4v) is 2.89. The molecule has 23 heavy (non-hydrogen) atoms. The van der Waals surface area contributed by atoms with Gasteiger partial charge in [0.25, 0.3) is 0 Å². The molecule has 2 aromatic heterocycles. The van der Waals surface area contributed by atoms with Crippen molar-refractivity contribution in [1.82, 2.24) is 24.6 Å². The summed E-state index contributed by atoms with van der Waals surface area (Å²) in [4.78, 5) is 20.7. The summed E-state index contributed by atoms with van der Waals surface area (Å²) >= 11 is 5.82. The van der Waals surface area contributed by atoms with E-state index >= 15 is 0 Å². The van der Waals surface area contributed by atoms with Crippen LogP contribution in [0.1, 0.15) is 12.0 Å². The van der Waals surface area contributed by atoms with E-state index in [9.17, 15) is 4.79 Å². The number of carbonyl (C=O) groups is 1. The van der Waals surface area contributed by atoms with Gasteiger partial charge in [0, 0.05) is 64.3 Å². The quantitative estimate of drug-likeness (QED) is 0.835. The molecule has 122 valence electrons. The molecular weight excluding hydrogens is 314 g/mol. The fraction of sp³-hybridized carbons (Fsp3) is 0.438. The maximum Gasteiger partial charge on any atom is 0.224 e. The van der Waals surface area contributed by atoms with E-state index in [2.05, 4.69) is 21.0 Å². The summed E-state index contributed by atoms with van der Waals surface area (Å²) in [7, 11) is 0. The lowest BCUT2D eigenvalue weighted by Crippen LogP contribution is -2.48. The maximum atomic E-state index is 12.3. The predicted octanol–water partition coefficient (Wildman–Crippen LogP) is 1.67. The second-order valence-electron chi connectivity index (χ2n) is 5.69. The van der Waals surface area contributed by atoms with E-state index in [1.807, 2.05) is 17.2 Å². The summed E-state index contributed by atoms with van der Waals surface area (Å²) in [6.45, 7) is 4.81. The van der Waals surface area contributed by atoms with Crippen LogP contribution in [0, 0.1) is 0 Å². The molecule has 1 aliphatic heterocycles. The number of piperazine rings is 1. The van der Waals surface area contributed by atoms with Crippen LogP contribution in [0.5, 0.6) is 0 Å². The molecule has 6 nitrogen and oxygen atoms in total. The number of pyridine rings is 1. The Balaban J connectivity index is 1.42. The topological polar surface area (TPSA) is 54.3 Å². The third kappa shape index (κ3) is 4.53. The van der Waals surface area contributed by atoms with Crippen LogP contribution in [0.3, 0.4) is 0 Å². The second kappa shape index (κ2) is 7.57. The van der Waals surface area contributed by atoms with E-state index in [1.165, 1.54) is 5.56 Å². The van der Waals surface area contributed by atoms with Crippen molar-refractivity contribution < 1.29 is 4.79 Å². The van der Waals surface area contributed by atoms with Crippen LogP contribution in [0.25, 0.3) is 0 Å². The monoisotopic (exact) mass is 333 g/mol. The van der Waals surface area contributed by atoms with Crippen molar-refractivity contribution in [3.63, 3.8) is 0 Å². The zero-order valence-electron chi connectivity index (χ0n) is 12.9. The number of amides is 1. The zero-order valence-corrected chi connectivity index (χ0v) is 13.7. The second-order valence-corrected chi connectivity index (χ2v) is 6.13. The lowest BCUT2D eigenvalue weighted by Gasteiger charge is -2.34. The van der Waals surface area contributed by atoms with Gasteiger partial charge < -0.3 is 4.90 Å². The van der Waals surface area contributed by atoms with Gasteiger partial charge in [-0.3, -0.25) is 19.4 Å². The van der Waals surface area contributed by atoms with Gasteiger partial charge in [-0.1, -0.05) is 17.7 Å². The van der Waals surface area contributed by atoms with Crippen LogP contribution in [0.15, 0.2) is 36.9 Å². The standard InChI is InChI=1S/C16H20ClN5O/c17-15-11-19-22(13-15)5-3-16(23)21-8-6-20(7-9-21)12-14-2-1-4-18-10-14/h1-2,4,10-11,13H,3,5-9,12H2. The van der Waals surface area contributed by atoms with Crippen molar-refractivity contribution in [1.29, 1.82) is 0 Å². The Labute approximate surface area is 140 Å². The minimum absolute atomic E-state index is 0.178. The average Bonchev–Trinajstić information content (AvgIpc) is 3.00. The number of hydrogen-bond donors (Lipinski definition) is 0. The Hall–Kier alpha value is -1.92. The summed E-state index contributed by atoms with van der Waals surface area (Å²) in [5, 5.41) is 4.69. The largest absolute Gasteiger partial charge is 0.340 e. The summed E-state index contributed by atoms with van der Waals surface area (Å²) in [6, 6.07) is 4.04. The van der Waals surface area contributed by atoms with Gasteiger partial charge in [0.2, 0.25) is 5.91 Å². The third-order valence-electron chi connectivity index (χ3n) is 4.01. The predicted molar refractivity (Wildman–Crippen MR) is 87.9 cm³/mol. The van der Waals surface area contributed by atoms with Crippen LogP contribution < -0.4 is 0 Å². The highest BCUT2D eigenvalue weighted by Gasteiger charge is 2.20. The molecule has 3 rings (SSSR count). The lowest BCUT2D eigenvalue weighted by atomic mass is 10.2. The summed E-state index contributed by atoms with van der Waals surface area (Å²) < 4.78 is 1.71. The zero-order chi connectivity index (χ0) is 16.1. The number of hydrogen-bond acceptors (Lipinski definition) is 4. The first-order chi connectivity index (χ1) is 11.2. The first-order valence-electron chi connectivity index (χ1n) is 7.78. The number of rotatable bonds is 5. The molecule has 0 saturated carbocycles. The normalized spacial score (nSPS) is 15.8. The highest BCUT2D eigenvalue weighted by molar-refractivity contribution is 6.30. The number of aryl methyl sites for hydroxylation is 1. The molecule has 7 heteroatoms. The number of halogens is 1. The van der Waals surface area contributed by atoms with Crippen LogP contribution in [-0.4, -0.2) is 56.7 Å². The molecule has 2 aromatic rings. The average molecular weight is 334 g/mol. The van der Waals surface area contributed by atoms with Gasteiger partial charge in [-0.2, -0.15) is 5.10 Å². The van der Waals surface area contributed by atoms with Gasteiger partial charge >= 0.3 is 0 Å². The Morgan fingerprint density at radius 2 is 2.04 bits per heavy atom. The van der Waals surface area contributed by atoms with E-state index in [4.69, 9.17) is 11.6 Å². The smallest absolute Gasteiger partial charge is 0.224 e. The van der Waals surface area contributed by atoms with Crippen molar-refractivity contribution >= 4 is 17.5 Å². The molecule has 0 radical (unpaired) electrons. The van der Waals surface area contributed by atoms with Crippen molar-refractivity contribution in [3.05, 3.63) is 47.5 Å². The molecule has 1 amide bonds. The van der Waals surface area contributed by atoms with Crippen LogP contribution in [0.2, 0.25) is 5.02 Å². The molecular formula is C16H20ClN5O. The van der Waals surface area contributed by atoms with Gasteiger partial charge in [-0.15, -0.1) is 0 Å². The first kappa shape index (κ1) is 16.0. The van der Waals surface area contributed by atoms with Gasteiger partial charge in [-0.25, -0.2) is 0 Å². The first-order valence-corrected chi connectivity index (χ1v) is 8.15. The van der Waals surface area contributed by atoms with Crippen LogP contribution in [-0.2, 0) is 17.9 Å². The van der Waals surface area contributed by atoms with Crippen molar-refractivity contribution in [2.45, 2.75) is 19.5 Å². The van der Waals surface area contributed by atoms with E-state index in [0.717, 1.165) is 32.7 Å². The van der Waals surface area contributed by atoms with E-state index in [1.54, 1.807) is 23.3 Å². The fourth-order valence-electron chi connectivity index (χ4n) is 2.73. The number of aromatic nitrogens is 3. The summed E-state index contributed by atoms with van der Waals surface area (Å²) in [5.41, 5.74) is 1.21. The van der Waals surface area contributed by atoms with Gasteiger partial charge in [0.05, 0.1) is 11.2 Å². The third-order valence-corrected chi connectivity index (χ3v) is 4.21. The Bertz CT molecular complexity index is 637. The van der Waals surface area contributed by atoms with Gasteiger partial charge in [0.15, 0.2) is 0 Å². The Morgan fingerprint density at radius 3 is 2.70 bits per heavy atom. The molecule has 1 fully saturated rings. The van der Waals surface area contributed by atoms with Crippen molar-refractivity contribution in [3.8, 4) is 0 Å². The van der Waals surface area contributed by atoms with E-state index < -0.39 is 0 Å². The molecule has 1 aliphatic rings.